The van der Waals surface area contributed by atoms with Gasteiger partial charge in [0.05, 0.1) is 27.5 Å². The van der Waals surface area contributed by atoms with E-state index in [1.165, 1.54) is 21.5 Å². The van der Waals surface area contributed by atoms with E-state index in [9.17, 15) is 0 Å². The van der Waals surface area contributed by atoms with Crippen LogP contribution in [0.2, 0.25) is 0 Å². The smallest absolute Gasteiger partial charge is 0.119 e. The number of ether oxygens (including phenoxy) is 3. The summed E-state index contributed by atoms with van der Waals surface area (Å²) in [4.78, 5) is 0. The fraction of sp³-hybridized carbons (Fsp3) is 0.143. The van der Waals surface area contributed by atoms with Crippen LogP contribution in [0, 0.1) is 0 Å². The van der Waals surface area contributed by atoms with Crippen molar-refractivity contribution < 1.29 is 14.2 Å². The van der Waals surface area contributed by atoms with Crippen LogP contribution in [0.4, 0.5) is 0 Å². The van der Waals surface area contributed by atoms with Crippen molar-refractivity contribution in [1.29, 1.82) is 0 Å². The Morgan fingerprint density at radius 1 is 0.469 bits per heavy atom. The SMILES string of the molecule is COc1ccc([P+](Cc2ccccc2)(c2ccc(OC)cc2)c2ccc(OC)cc2)cc1. The van der Waals surface area contributed by atoms with Crippen LogP contribution in [0.5, 0.6) is 17.2 Å². The largest absolute Gasteiger partial charge is 0.497 e. The summed E-state index contributed by atoms with van der Waals surface area (Å²) in [5.74, 6) is 2.57. The molecular weight excluding hydrogens is 415 g/mol. The third-order valence-corrected chi connectivity index (χ3v) is 10.2. The molecule has 0 unspecified atom stereocenters. The topological polar surface area (TPSA) is 27.7 Å². The van der Waals surface area contributed by atoms with E-state index in [4.69, 9.17) is 14.2 Å². The van der Waals surface area contributed by atoms with Gasteiger partial charge in [-0.25, -0.2) is 0 Å². The van der Waals surface area contributed by atoms with E-state index in [0.717, 1.165) is 23.4 Å². The van der Waals surface area contributed by atoms with Crippen molar-refractivity contribution >= 4 is 23.2 Å². The van der Waals surface area contributed by atoms with Crippen molar-refractivity contribution in [3.8, 4) is 17.2 Å². The highest BCUT2D eigenvalue weighted by Gasteiger charge is 2.45. The molecule has 32 heavy (non-hydrogen) atoms. The average molecular weight is 444 g/mol. The summed E-state index contributed by atoms with van der Waals surface area (Å²) in [6.07, 6.45) is 0.916. The molecule has 0 bridgehead atoms. The molecule has 0 saturated carbocycles. The second-order valence-corrected chi connectivity index (χ2v) is 11.0. The fourth-order valence-electron chi connectivity index (χ4n) is 4.09. The number of hydrogen-bond acceptors (Lipinski definition) is 3. The minimum absolute atomic E-state index is 0.857. The molecule has 0 aliphatic rings. The number of methoxy groups -OCH3 is 3. The molecule has 0 N–H and O–H groups in total. The van der Waals surface area contributed by atoms with Gasteiger partial charge in [0.25, 0.3) is 0 Å². The Balaban J connectivity index is 1.98. The normalized spacial score (nSPS) is 11.1. The maximum Gasteiger partial charge on any atom is 0.119 e. The minimum Gasteiger partial charge on any atom is -0.497 e. The molecule has 0 radical (unpaired) electrons. The predicted octanol–water partition coefficient (Wildman–Crippen LogP) is 5.21. The molecule has 0 amide bonds. The highest BCUT2D eigenvalue weighted by atomic mass is 31.2. The average Bonchev–Trinajstić information content (AvgIpc) is 2.88. The lowest BCUT2D eigenvalue weighted by Crippen LogP contribution is -2.32. The molecule has 0 spiro atoms. The Labute approximate surface area is 190 Å². The van der Waals surface area contributed by atoms with Crippen LogP contribution < -0.4 is 30.1 Å². The van der Waals surface area contributed by atoms with Crippen molar-refractivity contribution in [1.82, 2.24) is 0 Å². The molecule has 4 heteroatoms. The summed E-state index contributed by atoms with van der Waals surface area (Å²) in [7, 11) is 3.08. The summed E-state index contributed by atoms with van der Waals surface area (Å²) in [6, 6.07) is 36.3. The Hall–Kier alpha value is -3.29. The molecule has 3 nitrogen and oxygen atoms in total. The molecule has 0 aliphatic heterocycles. The monoisotopic (exact) mass is 443 g/mol. The van der Waals surface area contributed by atoms with Gasteiger partial charge in [-0.15, -0.1) is 0 Å². The van der Waals surface area contributed by atoms with E-state index in [0.29, 0.717) is 0 Å². The second-order valence-electron chi connectivity index (χ2n) is 7.55. The Morgan fingerprint density at radius 2 is 0.812 bits per heavy atom. The zero-order valence-corrected chi connectivity index (χ0v) is 19.6. The molecule has 0 heterocycles. The van der Waals surface area contributed by atoms with Crippen LogP contribution in [-0.4, -0.2) is 21.3 Å². The zero-order chi connectivity index (χ0) is 22.4. The molecule has 4 aromatic rings. The molecule has 0 fully saturated rings. The Morgan fingerprint density at radius 3 is 1.12 bits per heavy atom. The van der Waals surface area contributed by atoms with Crippen LogP contribution in [0.25, 0.3) is 0 Å². The van der Waals surface area contributed by atoms with Gasteiger partial charge in [-0.3, -0.25) is 0 Å². The Bertz CT molecular complexity index is 1010. The highest BCUT2D eigenvalue weighted by molar-refractivity contribution is 7.95. The zero-order valence-electron chi connectivity index (χ0n) is 18.7. The first-order chi connectivity index (χ1) is 15.7. The first-order valence-electron chi connectivity index (χ1n) is 10.6. The van der Waals surface area contributed by atoms with Crippen LogP contribution >= 0.6 is 7.26 Å². The predicted molar refractivity (Wildman–Crippen MR) is 135 cm³/mol. The first-order valence-corrected chi connectivity index (χ1v) is 12.5. The van der Waals surface area contributed by atoms with E-state index in [-0.39, 0.29) is 0 Å². The second kappa shape index (κ2) is 9.89. The lowest BCUT2D eigenvalue weighted by atomic mass is 10.2. The molecule has 0 aliphatic carbocycles. The van der Waals surface area contributed by atoms with Crippen LogP contribution in [0.1, 0.15) is 5.56 Å². The van der Waals surface area contributed by atoms with E-state index in [1.54, 1.807) is 21.3 Å². The van der Waals surface area contributed by atoms with Gasteiger partial charge >= 0.3 is 0 Å². The highest BCUT2D eigenvalue weighted by Crippen LogP contribution is 2.58. The maximum absolute atomic E-state index is 5.45. The number of rotatable bonds is 8. The molecule has 0 saturated heterocycles. The van der Waals surface area contributed by atoms with Gasteiger partial charge in [0.15, 0.2) is 0 Å². The van der Waals surface area contributed by atoms with Crippen LogP contribution in [-0.2, 0) is 6.16 Å². The number of benzene rings is 4. The number of hydrogen-bond donors (Lipinski definition) is 0. The van der Waals surface area contributed by atoms with Crippen LogP contribution in [0.15, 0.2) is 103 Å². The fourth-order valence-corrected chi connectivity index (χ4v) is 8.26. The third kappa shape index (κ3) is 4.35. The summed E-state index contributed by atoms with van der Waals surface area (Å²) in [5, 5.41) is 3.91. The molecule has 4 rings (SSSR count). The van der Waals surface area contributed by atoms with E-state index in [1.807, 2.05) is 0 Å². The van der Waals surface area contributed by atoms with E-state index < -0.39 is 7.26 Å². The van der Waals surface area contributed by atoms with Gasteiger partial charge in [-0.2, -0.15) is 0 Å². The van der Waals surface area contributed by atoms with Gasteiger partial charge in [-0.1, -0.05) is 30.3 Å². The first kappa shape index (κ1) is 21.9. The van der Waals surface area contributed by atoms with E-state index in [2.05, 4.69) is 103 Å². The van der Waals surface area contributed by atoms with Crippen molar-refractivity contribution in [3.05, 3.63) is 109 Å². The molecule has 162 valence electrons. The standard InChI is InChI=1S/C28H28O3P/c1-29-23-9-15-26(16-10-23)32(21-22-7-5-4-6-8-22,27-17-11-24(30-2)12-18-27)28-19-13-25(31-3)14-20-28/h4-20H,21H2,1-3H3/q+1. The molecular formula is C28H28O3P+. The van der Waals surface area contributed by atoms with Crippen molar-refractivity contribution in [3.63, 3.8) is 0 Å². The van der Waals surface area contributed by atoms with Crippen LogP contribution in [0.3, 0.4) is 0 Å². The minimum atomic E-state index is -2.03. The summed E-state index contributed by atoms with van der Waals surface area (Å²) >= 11 is 0. The maximum atomic E-state index is 5.45. The van der Waals surface area contributed by atoms with Gasteiger partial charge in [0, 0.05) is 0 Å². The lowest BCUT2D eigenvalue weighted by molar-refractivity contribution is 0.415. The van der Waals surface area contributed by atoms with Gasteiger partial charge in [-0.05, 0) is 78.4 Å². The summed E-state index contributed by atoms with van der Waals surface area (Å²) in [6.45, 7) is 0. The van der Waals surface area contributed by atoms with Gasteiger partial charge in [0.2, 0.25) is 0 Å². The Kier molecular flexibility index (Phi) is 6.78. The van der Waals surface area contributed by atoms with E-state index >= 15 is 0 Å². The van der Waals surface area contributed by atoms with Gasteiger partial charge < -0.3 is 14.2 Å². The summed E-state index contributed by atoms with van der Waals surface area (Å²) < 4.78 is 16.4. The van der Waals surface area contributed by atoms with Crippen molar-refractivity contribution in [2.45, 2.75) is 6.16 Å². The third-order valence-electron chi connectivity index (χ3n) is 5.80. The van der Waals surface area contributed by atoms with Crippen molar-refractivity contribution in [2.75, 3.05) is 21.3 Å². The van der Waals surface area contributed by atoms with Gasteiger partial charge in [0.1, 0.15) is 40.4 Å². The molecule has 0 atom stereocenters. The lowest BCUT2D eigenvalue weighted by Gasteiger charge is -2.28. The molecule has 4 aromatic carbocycles. The molecule has 0 aromatic heterocycles. The summed E-state index contributed by atoms with van der Waals surface area (Å²) in [5.41, 5.74) is 1.31. The van der Waals surface area contributed by atoms with Crippen molar-refractivity contribution in [2.24, 2.45) is 0 Å². The quantitative estimate of drug-likeness (QED) is 0.350.